The molecule has 5 nitrogen and oxygen atoms in total. The highest BCUT2D eigenvalue weighted by atomic mass is 16.5. The summed E-state index contributed by atoms with van der Waals surface area (Å²) < 4.78 is 16.1. The Morgan fingerprint density at radius 1 is 0.857 bits per heavy atom. The molecule has 0 amide bonds. The van der Waals surface area contributed by atoms with Gasteiger partial charge in [0, 0.05) is 5.56 Å². The highest BCUT2D eigenvalue weighted by molar-refractivity contribution is 5.82. The summed E-state index contributed by atoms with van der Waals surface area (Å²) in [7, 11) is 2.97. The molecule has 0 N–H and O–H groups in total. The van der Waals surface area contributed by atoms with Gasteiger partial charge in [0.05, 0.1) is 19.8 Å². The predicted molar refractivity (Wildman–Crippen MR) is 76.8 cm³/mol. The van der Waals surface area contributed by atoms with Crippen molar-refractivity contribution in [3.63, 3.8) is 0 Å². The fourth-order valence-corrected chi connectivity index (χ4v) is 1.85. The Hall–Kier alpha value is -2.82. The van der Waals surface area contributed by atoms with Crippen molar-refractivity contribution in [2.24, 2.45) is 0 Å². The molecule has 2 aromatic rings. The van der Waals surface area contributed by atoms with Crippen molar-refractivity contribution >= 4 is 12.6 Å². The summed E-state index contributed by atoms with van der Waals surface area (Å²) in [5.74, 6) is 1.47. The van der Waals surface area contributed by atoms with Gasteiger partial charge in [0.15, 0.2) is 29.3 Å². The van der Waals surface area contributed by atoms with Crippen LogP contribution in [0.2, 0.25) is 0 Å². The molecule has 0 aliphatic heterocycles. The van der Waals surface area contributed by atoms with Crippen molar-refractivity contribution < 1.29 is 23.8 Å². The first kappa shape index (κ1) is 14.6. The molecular formula is C16H14O5. The van der Waals surface area contributed by atoms with E-state index in [-0.39, 0.29) is 5.75 Å². The Morgan fingerprint density at radius 3 is 2.24 bits per heavy atom. The maximum atomic E-state index is 11.1. The molecule has 5 heteroatoms. The maximum absolute atomic E-state index is 11.1. The van der Waals surface area contributed by atoms with Crippen molar-refractivity contribution in [2.45, 2.75) is 0 Å². The van der Waals surface area contributed by atoms with Crippen LogP contribution in [0.5, 0.6) is 23.0 Å². The van der Waals surface area contributed by atoms with Crippen LogP contribution in [-0.4, -0.2) is 26.8 Å². The normalized spacial score (nSPS) is 9.81. The molecule has 0 saturated carbocycles. The predicted octanol–water partition coefficient (Wildman–Crippen LogP) is 3.12. The minimum absolute atomic E-state index is 0.274. The first-order valence-corrected chi connectivity index (χ1v) is 6.16. The first-order chi connectivity index (χ1) is 10.2. The van der Waals surface area contributed by atoms with Gasteiger partial charge < -0.3 is 14.2 Å². The van der Waals surface area contributed by atoms with Crippen LogP contribution in [0.3, 0.4) is 0 Å². The van der Waals surface area contributed by atoms with Crippen molar-refractivity contribution in [1.82, 2.24) is 0 Å². The van der Waals surface area contributed by atoms with Gasteiger partial charge in [-0.15, -0.1) is 0 Å². The Morgan fingerprint density at radius 2 is 1.62 bits per heavy atom. The Kier molecular flexibility index (Phi) is 4.56. The van der Waals surface area contributed by atoms with Crippen molar-refractivity contribution in [2.75, 3.05) is 14.2 Å². The summed E-state index contributed by atoms with van der Waals surface area (Å²) in [6.45, 7) is 0. The Balaban J connectivity index is 2.51. The van der Waals surface area contributed by atoms with Crippen molar-refractivity contribution in [3.05, 3.63) is 47.5 Å². The standard InChI is InChI=1S/C16H14O5/c1-19-13-7-6-11(9-17)8-15(13)21-16-12(10-18)4-3-5-14(16)20-2/h3-10H,1-2H3. The molecule has 0 atom stereocenters. The number of hydrogen-bond acceptors (Lipinski definition) is 5. The summed E-state index contributed by atoms with van der Waals surface area (Å²) in [5.41, 5.74) is 0.779. The van der Waals surface area contributed by atoms with Crippen LogP contribution in [0.1, 0.15) is 20.7 Å². The Bertz CT molecular complexity index is 664. The number of aldehydes is 2. The van der Waals surface area contributed by atoms with Gasteiger partial charge in [-0.1, -0.05) is 6.07 Å². The summed E-state index contributed by atoms with van der Waals surface area (Å²) >= 11 is 0. The summed E-state index contributed by atoms with van der Waals surface area (Å²) in [5, 5.41) is 0. The zero-order valence-corrected chi connectivity index (χ0v) is 11.7. The number of hydrogen-bond donors (Lipinski definition) is 0. The molecule has 2 rings (SSSR count). The fraction of sp³-hybridized carbons (Fsp3) is 0.125. The van der Waals surface area contributed by atoms with Gasteiger partial charge in [-0.25, -0.2) is 0 Å². The average molecular weight is 286 g/mol. The van der Waals surface area contributed by atoms with Crippen LogP contribution in [0, 0.1) is 0 Å². The van der Waals surface area contributed by atoms with E-state index < -0.39 is 0 Å². The van der Waals surface area contributed by atoms with E-state index in [4.69, 9.17) is 14.2 Å². The molecule has 0 heterocycles. The number of carbonyl (C=O) groups excluding carboxylic acids is 2. The molecule has 0 radical (unpaired) electrons. The van der Waals surface area contributed by atoms with Gasteiger partial charge in [0.25, 0.3) is 0 Å². The van der Waals surface area contributed by atoms with Crippen LogP contribution in [0.25, 0.3) is 0 Å². The van der Waals surface area contributed by atoms with E-state index in [0.717, 1.165) is 0 Å². The smallest absolute Gasteiger partial charge is 0.179 e. The Labute approximate surface area is 122 Å². The molecule has 0 fully saturated rings. The number of carbonyl (C=O) groups is 2. The highest BCUT2D eigenvalue weighted by Crippen LogP contribution is 2.38. The van der Waals surface area contributed by atoms with Gasteiger partial charge >= 0.3 is 0 Å². The average Bonchev–Trinajstić information content (AvgIpc) is 2.54. The third kappa shape index (κ3) is 3.02. The largest absolute Gasteiger partial charge is 0.493 e. The maximum Gasteiger partial charge on any atom is 0.179 e. The van der Waals surface area contributed by atoms with Gasteiger partial charge in [0.2, 0.25) is 0 Å². The summed E-state index contributed by atoms with van der Waals surface area (Å²) in [6.07, 6.45) is 1.38. The topological polar surface area (TPSA) is 61.8 Å². The monoisotopic (exact) mass is 286 g/mol. The molecule has 0 saturated heterocycles. The zero-order valence-electron chi connectivity index (χ0n) is 11.7. The lowest BCUT2D eigenvalue weighted by molar-refractivity contribution is 0.111. The van der Waals surface area contributed by atoms with E-state index in [9.17, 15) is 9.59 Å². The van der Waals surface area contributed by atoms with Crippen molar-refractivity contribution in [3.8, 4) is 23.0 Å². The second-order valence-corrected chi connectivity index (χ2v) is 4.13. The third-order valence-electron chi connectivity index (χ3n) is 2.89. The van der Waals surface area contributed by atoms with Gasteiger partial charge in [-0.2, -0.15) is 0 Å². The number of methoxy groups -OCH3 is 2. The lowest BCUT2D eigenvalue weighted by Gasteiger charge is -2.14. The SMILES string of the molecule is COc1ccc(C=O)cc1Oc1c(C=O)cccc1OC. The molecule has 21 heavy (non-hydrogen) atoms. The molecule has 0 aliphatic carbocycles. The molecule has 0 spiro atoms. The molecule has 2 aromatic carbocycles. The van der Waals surface area contributed by atoms with Gasteiger partial charge in [-0.05, 0) is 30.3 Å². The number of rotatable bonds is 6. The fourth-order valence-electron chi connectivity index (χ4n) is 1.85. The number of ether oxygens (including phenoxy) is 3. The third-order valence-corrected chi connectivity index (χ3v) is 2.89. The lowest BCUT2D eigenvalue weighted by atomic mass is 10.2. The number of para-hydroxylation sites is 1. The van der Waals surface area contributed by atoms with E-state index in [1.807, 2.05) is 0 Å². The van der Waals surface area contributed by atoms with Crippen LogP contribution >= 0.6 is 0 Å². The highest BCUT2D eigenvalue weighted by Gasteiger charge is 2.14. The number of benzene rings is 2. The second kappa shape index (κ2) is 6.56. The lowest BCUT2D eigenvalue weighted by Crippen LogP contribution is -1.97. The van der Waals surface area contributed by atoms with Gasteiger partial charge in [-0.3, -0.25) is 9.59 Å². The van der Waals surface area contributed by atoms with E-state index in [2.05, 4.69) is 0 Å². The molecule has 0 aromatic heterocycles. The van der Waals surface area contributed by atoms with Crippen LogP contribution in [-0.2, 0) is 0 Å². The molecule has 0 bridgehead atoms. The van der Waals surface area contributed by atoms with Crippen LogP contribution in [0.4, 0.5) is 0 Å². The molecule has 0 aliphatic rings. The minimum Gasteiger partial charge on any atom is -0.493 e. The first-order valence-electron chi connectivity index (χ1n) is 6.16. The summed E-state index contributed by atoms with van der Waals surface area (Å²) in [4.78, 5) is 22.0. The van der Waals surface area contributed by atoms with Crippen LogP contribution in [0.15, 0.2) is 36.4 Å². The van der Waals surface area contributed by atoms with E-state index >= 15 is 0 Å². The van der Waals surface area contributed by atoms with E-state index in [1.54, 1.807) is 30.3 Å². The van der Waals surface area contributed by atoms with Crippen molar-refractivity contribution in [1.29, 1.82) is 0 Å². The molecule has 108 valence electrons. The van der Waals surface area contributed by atoms with E-state index in [0.29, 0.717) is 40.9 Å². The zero-order chi connectivity index (χ0) is 15.2. The van der Waals surface area contributed by atoms with Crippen LogP contribution < -0.4 is 14.2 Å². The van der Waals surface area contributed by atoms with E-state index in [1.165, 1.54) is 20.3 Å². The quantitative estimate of drug-likeness (QED) is 0.763. The summed E-state index contributed by atoms with van der Waals surface area (Å²) in [6, 6.07) is 9.75. The van der Waals surface area contributed by atoms with Gasteiger partial charge in [0.1, 0.15) is 6.29 Å². The molecule has 0 unspecified atom stereocenters. The minimum atomic E-state index is 0.274. The second-order valence-electron chi connectivity index (χ2n) is 4.13. The molecular weight excluding hydrogens is 272 g/mol.